The van der Waals surface area contributed by atoms with Crippen LogP contribution in [0.4, 0.5) is 0 Å². The van der Waals surface area contributed by atoms with Gasteiger partial charge >= 0.3 is 0 Å². The number of carbonyl (C=O) groups excluding carboxylic acids is 1. The Morgan fingerprint density at radius 2 is 2.00 bits per heavy atom. The minimum absolute atomic E-state index is 0.0384. The molecular formula is C19H15ClN4OS. The number of hydrogen-bond acceptors (Lipinski definition) is 4. The van der Waals surface area contributed by atoms with Crippen LogP contribution in [0.1, 0.15) is 11.1 Å². The van der Waals surface area contributed by atoms with E-state index in [9.17, 15) is 4.79 Å². The largest absolute Gasteiger partial charge is 0.342 e. The van der Waals surface area contributed by atoms with Gasteiger partial charge in [-0.3, -0.25) is 4.79 Å². The lowest BCUT2D eigenvalue weighted by Crippen LogP contribution is -2.19. The van der Waals surface area contributed by atoms with Crippen molar-refractivity contribution in [2.75, 3.05) is 5.75 Å². The highest BCUT2D eigenvalue weighted by atomic mass is 35.5. The number of halogens is 1. The number of nitrogens with one attached hydrogen (secondary N) is 1. The Morgan fingerprint density at radius 3 is 2.77 bits per heavy atom. The summed E-state index contributed by atoms with van der Waals surface area (Å²) in [6, 6.07) is 16.0. The second-order valence-electron chi connectivity index (χ2n) is 5.84. The summed E-state index contributed by atoms with van der Waals surface area (Å²) < 4.78 is 2.18. The first-order valence-corrected chi connectivity index (χ1v) is 9.41. The van der Waals surface area contributed by atoms with Crippen molar-refractivity contribution in [1.82, 2.24) is 9.88 Å². The van der Waals surface area contributed by atoms with Gasteiger partial charge in [0.2, 0.25) is 5.91 Å². The zero-order chi connectivity index (χ0) is 17.9. The minimum Gasteiger partial charge on any atom is -0.342 e. The smallest absolute Gasteiger partial charge is 0.236 e. The normalized spacial score (nSPS) is 16.0. The topological polar surface area (TPSA) is 58.8 Å². The number of fused-ring (bicyclic) bond motifs is 1. The van der Waals surface area contributed by atoms with Crippen molar-refractivity contribution < 1.29 is 4.79 Å². The molecule has 0 spiro atoms. The summed E-state index contributed by atoms with van der Waals surface area (Å²) in [6.07, 6.45) is 3.78. The third-order valence-electron chi connectivity index (χ3n) is 4.02. The van der Waals surface area contributed by atoms with Crippen LogP contribution in [0.3, 0.4) is 0 Å². The van der Waals surface area contributed by atoms with E-state index in [0.717, 1.165) is 28.0 Å². The molecule has 0 saturated carbocycles. The third kappa shape index (κ3) is 3.66. The van der Waals surface area contributed by atoms with Gasteiger partial charge in [-0.1, -0.05) is 53.7 Å². The summed E-state index contributed by atoms with van der Waals surface area (Å²) in [5.41, 5.74) is 3.28. The molecule has 130 valence electrons. The molecule has 1 aliphatic rings. The minimum atomic E-state index is -0.0384. The van der Waals surface area contributed by atoms with Crippen molar-refractivity contribution in [2.45, 2.75) is 6.54 Å². The van der Waals surface area contributed by atoms with Crippen molar-refractivity contribution in [3.8, 4) is 0 Å². The van der Waals surface area contributed by atoms with Gasteiger partial charge in [0, 0.05) is 34.2 Å². The first kappa shape index (κ1) is 16.9. The van der Waals surface area contributed by atoms with Gasteiger partial charge in [-0.15, -0.1) is 5.10 Å². The van der Waals surface area contributed by atoms with Gasteiger partial charge in [0.25, 0.3) is 0 Å². The van der Waals surface area contributed by atoms with E-state index in [4.69, 9.17) is 11.6 Å². The maximum atomic E-state index is 11.2. The predicted octanol–water partition coefficient (Wildman–Crippen LogP) is 3.90. The SMILES string of the molecule is O=C1CS/C(=N/N=C\c2cn(Cc3ccc(Cl)cc3)c3ccccc23)N1. The number of nitrogens with zero attached hydrogens (tertiary/aromatic N) is 3. The van der Waals surface area contributed by atoms with Crippen LogP contribution in [0.15, 0.2) is 64.9 Å². The highest BCUT2D eigenvalue weighted by Gasteiger charge is 2.16. The van der Waals surface area contributed by atoms with E-state index < -0.39 is 0 Å². The Morgan fingerprint density at radius 1 is 1.19 bits per heavy atom. The average molecular weight is 383 g/mol. The highest BCUT2D eigenvalue weighted by molar-refractivity contribution is 8.15. The molecule has 1 N–H and O–H groups in total. The summed E-state index contributed by atoms with van der Waals surface area (Å²) in [6.45, 7) is 0.742. The second-order valence-corrected chi connectivity index (χ2v) is 7.24. The number of aromatic nitrogens is 1. The molecule has 2 aromatic carbocycles. The molecule has 7 heteroatoms. The van der Waals surface area contributed by atoms with Crippen molar-refractivity contribution in [2.24, 2.45) is 10.2 Å². The monoisotopic (exact) mass is 382 g/mol. The number of thioether (sulfide) groups is 1. The molecule has 0 bridgehead atoms. The summed E-state index contributed by atoms with van der Waals surface area (Å²) in [5, 5.41) is 13.2. The second kappa shape index (κ2) is 7.35. The van der Waals surface area contributed by atoms with Crippen LogP contribution in [0.5, 0.6) is 0 Å². The summed E-state index contributed by atoms with van der Waals surface area (Å²) >= 11 is 7.33. The molecule has 2 heterocycles. The van der Waals surface area contributed by atoms with Crippen LogP contribution in [0.25, 0.3) is 10.9 Å². The first-order valence-electron chi connectivity index (χ1n) is 8.05. The van der Waals surface area contributed by atoms with Crippen LogP contribution in [0, 0.1) is 0 Å². The van der Waals surface area contributed by atoms with Crippen LogP contribution in [-0.2, 0) is 11.3 Å². The number of amidine groups is 1. The number of hydrogen-bond donors (Lipinski definition) is 1. The predicted molar refractivity (Wildman–Crippen MR) is 108 cm³/mol. The van der Waals surface area contributed by atoms with Crippen LogP contribution in [0.2, 0.25) is 5.02 Å². The lowest BCUT2D eigenvalue weighted by molar-refractivity contribution is -0.116. The fourth-order valence-electron chi connectivity index (χ4n) is 2.82. The third-order valence-corrected chi connectivity index (χ3v) is 5.13. The lowest BCUT2D eigenvalue weighted by Gasteiger charge is -2.05. The quantitative estimate of drug-likeness (QED) is 0.549. The van der Waals surface area contributed by atoms with Gasteiger partial charge in [0.05, 0.1) is 12.0 Å². The maximum Gasteiger partial charge on any atom is 0.236 e. The number of carbonyl (C=O) groups is 1. The van der Waals surface area contributed by atoms with Gasteiger partial charge in [0.1, 0.15) is 0 Å². The molecule has 0 aliphatic carbocycles. The van der Waals surface area contributed by atoms with E-state index in [-0.39, 0.29) is 5.91 Å². The number of benzene rings is 2. The van der Waals surface area contributed by atoms with Crippen molar-refractivity contribution in [3.05, 3.63) is 70.9 Å². The molecular weight excluding hydrogens is 368 g/mol. The first-order chi connectivity index (χ1) is 12.7. The Bertz CT molecular complexity index is 1020. The van der Waals surface area contributed by atoms with E-state index >= 15 is 0 Å². The molecule has 0 unspecified atom stereocenters. The van der Waals surface area contributed by atoms with E-state index in [1.807, 2.05) is 36.4 Å². The Balaban J connectivity index is 1.63. The standard InChI is InChI=1S/C19H15ClN4OS/c20-15-7-5-13(6-8-15)10-24-11-14(16-3-1-2-4-17(16)24)9-21-23-19-22-18(25)12-26-19/h1-9,11H,10,12H2,(H,22,23,25)/b21-9-. The van der Waals surface area contributed by atoms with E-state index in [0.29, 0.717) is 10.9 Å². The fraction of sp³-hybridized carbons (Fsp3) is 0.105. The molecule has 1 aromatic heterocycles. The molecule has 0 atom stereocenters. The van der Waals surface area contributed by atoms with Gasteiger partial charge in [-0.05, 0) is 23.8 Å². The zero-order valence-corrected chi connectivity index (χ0v) is 15.3. The van der Waals surface area contributed by atoms with Crippen molar-refractivity contribution >= 4 is 51.6 Å². The Hall–Kier alpha value is -2.57. The Labute approximate surface area is 159 Å². The summed E-state index contributed by atoms with van der Waals surface area (Å²) in [4.78, 5) is 11.2. The highest BCUT2D eigenvalue weighted by Crippen LogP contribution is 2.22. The fourth-order valence-corrected chi connectivity index (χ4v) is 3.57. The van der Waals surface area contributed by atoms with E-state index in [2.05, 4.69) is 38.4 Å². The number of amides is 1. The maximum absolute atomic E-state index is 11.2. The van der Waals surface area contributed by atoms with Gasteiger partial charge in [-0.2, -0.15) is 5.10 Å². The molecule has 3 aromatic rings. The van der Waals surface area contributed by atoms with Crippen LogP contribution >= 0.6 is 23.4 Å². The molecule has 0 radical (unpaired) electrons. The molecule has 26 heavy (non-hydrogen) atoms. The lowest BCUT2D eigenvalue weighted by atomic mass is 10.2. The number of para-hydroxylation sites is 1. The van der Waals surface area contributed by atoms with Crippen LogP contribution < -0.4 is 5.32 Å². The molecule has 5 nitrogen and oxygen atoms in total. The molecule has 1 aliphatic heterocycles. The zero-order valence-electron chi connectivity index (χ0n) is 13.7. The molecule has 1 saturated heterocycles. The van der Waals surface area contributed by atoms with Gasteiger partial charge in [0.15, 0.2) is 5.17 Å². The van der Waals surface area contributed by atoms with Gasteiger partial charge < -0.3 is 9.88 Å². The molecule has 1 amide bonds. The van der Waals surface area contributed by atoms with Crippen LogP contribution in [-0.4, -0.2) is 27.6 Å². The molecule has 4 rings (SSSR count). The van der Waals surface area contributed by atoms with E-state index in [1.165, 1.54) is 17.3 Å². The summed E-state index contributed by atoms with van der Waals surface area (Å²) in [7, 11) is 0. The van der Waals surface area contributed by atoms with Crippen molar-refractivity contribution in [3.63, 3.8) is 0 Å². The average Bonchev–Trinajstić information content (AvgIpc) is 3.21. The van der Waals surface area contributed by atoms with Gasteiger partial charge in [-0.25, -0.2) is 0 Å². The number of rotatable bonds is 4. The summed E-state index contributed by atoms with van der Waals surface area (Å²) in [5.74, 6) is 0.359. The Kier molecular flexibility index (Phi) is 4.77. The molecule has 1 fully saturated rings. The van der Waals surface area contributed by atoms with Crippen molar-refractivity contribution in [1.29, 1.82) is 0 Å². The van der Waals surface area contributed by atoms with E-state index in [1.54, 1.807) is 6.21 Å².